The van der Waals surface area contributed by atoms with Crippen molar-refractivity contribution in [3.63, 3.8) is 0 Å². The lowest BCUT2D eigenvalue weighted by Gasteiger charge is -2.28. The first kappa shape index (κ1) is 25.3. The highest BCUT2D eigenvalue weighted by molar-refractivity contribution is 7.89. The molecule has 1 aliphatic rings. The summed E-state index contributed by atoms with van der Waals surface area (Å²) in [5.74, 6) is 1.47. The summed E-state index contributed by atoms with van der Waals surface area (Å²) in [4.78, 5) is 21.7. The van der Waals surface area contributed by atoms with Crippen LogP contribution in [-0.4, -0.2) is 85.0 Å². The Hall–Kier alpha value is -3.38. The minimum Gasteiger partial charge on any atom is -0.378 e. The molecule has 0 atom stereocenters. The van der Waals surface area contributed by atoms with Crippen molar-refractivity contribution in [2.24, 2.45) is 0 Å². The number of aromatic amines is 1. The van der Waals surface area contributed by atoms with Gasteiger partial charge in [-0.2, -0.15) is 0 Å². The molecule has 0 spiro atoms. The highest BCUT2D eigenvalue weighted by Gasteiger charge is 2.22. The number of nitrogens with one attached hydrogen (secondary N) is 1. The Morgan fingerprint density at radius 2 is 1.86 bits per heavy atom. The molecule has 194 valence electrons. The summed E-state index contributed by atoms with van der Waals surface area (Å²) in [7, 11) is 1.44. The number of pyridine rings is 1. The predicted octanol–water partition coefficient (Wildman–Crippen LogP) is 2.74. The molecular weight excluding hydrogens is 490 g/mol. The molecule has 11 heteroatoms. The van der Waals surface area contributed by atoms with Gasteiger partial charge in [0.1, 0.15) is 11.6 Å². The number of aromatic nitrogens is 4. The molecule has 3 aromatic heterocycles. The van der Waals surface area contributed by atoms with Crippen molar-refractivity contribution in [3.05, 3.63) is 66.4 Å². The topological polar surface area (TPSA) is 108 Å². The predicted molar refractivity (Wildman–Crippen MR) is 143 cm³/mol. The van der Waals surface area contributed by atoms with E-state index in [2.05, 4.69) is 19.8 Å². The van der Waals surface area contributed by atoms with Gasteiger partial charge in [-0.05, 0) is 36.9 Å². The van der Waals surface area contributed by atoms with Gasteiger partial charge in [0.25, 0.3) is 0 Å². The molecule has 4 aromatic rings. The van der Waals surface area contributed by atoms with Crippen molar-refractivity contribution in [2.75, 3.05) is 52.3 Å². The average molecular weight is 522 g/mol. The number of fused-ring (bicyclic) bond motifs is 1. The molecule has 1 saturated heterocycles. The van der Waals surface area contributed by atoms with Crippen molar-refractivity contribution in [2.45, 2.75) is 18.0 Å². The lowest BCUT2D eigenvalue weighted by molar-refractivity contribution is 0.122. The lowest BCUT2D eigenvalue weighted by Crippen LogP contribution is -2.37. The molecular formula is C26H31N7O3S. The van der Waals surface area contributed by atoms with Crippen LogP contribution < -0.4 is 4.90 Å². The van der Waals surface area contributed by atoms with Gasteiger partial charge in [0, 0.05) is 74.9 Å². The van der Waals surface area contributed by atoms with Gasteiger partial charge in [0.05, 0.1) is 30.3 Å². The molecule has 10 nitrogen and oxygen atoms in total. The first-order chi connectivity index (χ1) is 17.8. The van der Waals surface area contributed by atoms with Gasteiger partial charge >= 0.3 is 0 Å². The maximum atomic E-state index is 13.0. The number of sulfonamides is 1. The quantitative estimate of drug-likeness (QED) is 0.377. The summed E-state index contributed by atoms with van der Waals surface area (Å²) in [6.45, 7) is 3.95. The van der Waals surface area contributed by atoms with E-state index in [0.717, 1.165) is 40.9 Å². The second kappa shape index (κ2) is 10.5. The molecule has 5 rings (SSSR count). The SMILES string of the molecule is CN(Cc1cccnc1)Cc1nc(-c2cc(S(=O)(=O)N(C)C)cc3[nH]ccc23)cc(N2CCOCC2)n1. The number of hydrogen-bond acceptors (Lipinski definition) is 8. The van der Waals surface area contributed by atoms with Crippen LogP contribution in [0.25, 0.3) is 22.2 Å². The average Bonchev–Trinajstić information content (AvgIpc) is 3.38. The third kappa shape index (κ3) is 5.49. The van der Waals surface area contributed by atoms with Gasteiger partial charge in [-0.3, -0.25) is 9.88 Å². The van der Waals surface area contributed by atoms with Gasteiger partial charge in [0.15, 0.2) is 0 Å². The molecule has 0 bridgehead atoms. The number of H-pyrrole nitrogens is 1. The number of nitrogens with zero attached hydrogens (tertiary/aromatic N) is 6. The number of morpholine rings is 1. The van der Waals surface area contributed by atoms with E-state index >= 15 is 0 Å². The maximum absolute atomic E-state index is 13.0. The Morgan fingerprint density at radius 1 is 1.05 bits per heavy atom. The Morgan fingerprint density at radius 3 is 2.59 bits per heavy atom. The van der Waals surface area contributed by atoms with E-state index < -0.39 is 10.0 Å². The van der Waals surface area contributed by atoms with E-state index in [-0.39, 0.29) is 4.90 Å². The molecule has 0 aliphatic carbocycles. The molecule has 4 heterocycles. The third-order valence-corrected chi connectivity index (χ3v) is 8.17. The van der Waals surface area contributed by atoms with Crippen LogP contribution in [0.5, 0.6) is 0 Å². The molecule has 0 radical (unpaired) electrons. The molecule has 1 fully saturated rings. The Labute approximate surface area is 217 Å². The summed E-state index contributed by atoms with van der Waals surface area (Å²) < 4.78 is 32.8. The van der Waals surface area contributed by atoms with Crippen molar-refractivity contribution in [1.29, 1.82) is 0 Å². The van der Waals surface area contributed by atoms with Crippen LogP contribution in [-0.2, 0) is 27.8 Å². The van der Waals surface area contributed by atoms with Crippen molar-refractivity contribution >= 4 is 26.7 Å². The van der Waals surface area contributed by atoms with Crippen LogP contribution in [0.15, 0.2) is 59.9 Å². The summed E-state index contributed by atoms with van der Waals surface area (Å²) in [6.07, 6.45) is 5.43. The maximum Gasteiger partial charge on any atom is 0.242 e. The zero-order valence-corrected chi connectivity index (χ0v) is 22.1. The van der Waals surface area contributed by atoms with Gasteiger partial charge in [-0.25, -0.2) is 22.7 Å². The molecule has 37 heavy (non-hydrogen) atoms. The minimum atomic E-state index is -3.64. The second-order valence-corrected chi connectivity index (χ2v) is 11.5. The van der Waals surface area contributed by atoms with Gasteiger partial charge in [-0.1, -0.05) is 6.07 Å². The summed E-state index contributed by atoms with van der Waals surface area (Å²) >= 11 is 0. The first-order valence-electron chi connectivity index (χ1n) is 12.1. The highest BCUT2D eigenvalue weighted by Crippen LogP contribution is 2.33. The van der Waals surface area contributed by atoms with Crippen molar-refractivity contribution in [1.82, 2.24) is 29.1 Å². The normalized spacial score (nSPS) is 14.7. The van der Waals surface area contributed by atoms with Crippen LogP contribution in [0.3, 0.4) is 0 Å². The minimum absolute atomic E-state index is 0.212. The van der Waals surface area contributed by atoms with Crippen LogP contribution in [0.2, 0.25) is 0 Å². The lowest BCUT2D eigenvalue weighted by atomic mass is 10.1. The number of hydrogen-bond donors (Lipinski definition) is 1. The van der Waals surface area contributed by atoms with Crippen molar-refractivity contribution in [3.8, 4) is 11.3 Å². The van der Waals surface area contributed by atoms with Crippen LogP contribution >= 0.6 is 0 Å². The zero-order valence-electron chi connectivity index (χ0n) is 21.3. The zero-order chi connectivity index (χ0) is 26.0. The fourth-order valence-electron chi connectivity index (χ4n) is 4.46. The molecule has 1 aromatic carbocycles. The van der Waals surface area contributed by atoms with Crippen molar-refractivity contribution < 1.29 is 13.2 Å². The number of benzene rings is 1. The molecule has 1 N–H and O–H groups in total. The first-order valence-corrected chi connectivity index (χ1v) is 13.6. The summed E-state index contributed by atoms with van der Waals surface area (Å²) in [6, 6.07) is 11.2. The molecule has 1 aliphatic heterocycles. The van der Waals surface area contributed by atoms with Gasteiger partial charge in [0.2, 0.25) is 10.0 Å². The van der Waals surface area contributed by atoms with E-state index in [1.807, 2.05) is 43.7 Å². The second-order valence-electron chi connectivity index (χ2n) is 9.36. The Balaban J connectivity index is 1.59. The van der Waals surface area contributed by atoms with E-state index in [9.17, 15) is 8.42 Å². The fraction of sp³-hybridized carbons (Fsp3) is 0.346. The summed E-state index contributed by atoms with van der Waals surface area (Å²) in [5, 5.41) is 0.902. The van der Waals surface area contributed by atoms with Gasteiger partial charge in [-0.15, -0.1) is 0 Å². The number of anilines is 1. The highest BCUT2D eigenvalue weighted by atomic mass is 32.2. The Kier molecular flexibility index (Phi) is 7.20. The van der Waals surface area contributed by atoms with Crippen LogP contribution in [0.4, 0.5) is 5.82 Å². The van der Waals surface area contributed by atoms with Crippen LogP contribution in [0.1, 0.15) is 11.4 Å². The Bertz CT molecular complexity index is 1480. The largest absolute Gasteiger partial charge is 0.378 e. The van der Waals surface area contributed by atoms with Crippen LogP contribution in [0, 0.1) is 0 Å². The fourth-order valence-corrected chi connectivity index (χ4v) is 5.41. The standard InChI is InChI=1S/C26H31N7O3S/c1-31(2)37(34,35)20-13-22(21-6-8-28-23(21)14-20)24-15-26(33-9-11-36-12-10-33)30-25(29-24)18-32(3)17-19-5-4-7-27-16-19/h4-8,13-16,28H,9-12,17-18H2,1-3H3. The molecule has 0 saturated carbocycles. The monoisotopic (exact) mass is 521 g/mol. The molecule has 0 amide bonds. The van der Waals surface area contributed by atoms with E-state index in [4.69, 9.17) is 14.7 Å². The molecule has 0 unspecified atom stereocenters. The van der Waals surface area contributed by atoms with Gasteiger partial charge < -0.3 is 14.6 Å². The van der Waals surface area contributed by atoms with E-state index in [1.54, 1.807) is 18.3 Å². The third-order valence-electron chi connectivity index (χ3n) is 6.38. The number of ether oxygens (including phenoxy) is 1. The smallest absolute Gasteiger partial charge is 0.242 e. The summed E-state index contributed by atoms with van der Waals surface area (Å²) in [5.41, 5.74) is 3.26. The van der Waals surface area contributed by atoms with E-state index in [1.165, 1.54) is 18.4 Å². The number of rotatable bonds is 8. The van der Waals surface area contributed by atoms with E-state index in [0.29, 0.717) is 37.8 Å².